The Labute approximate surface area is 117 Å². The number of nitrogens with two attached hydrogens (primary N) is 1. The molecule has 0 spiro atoms. The average Bonchev–Trinajstić information content (AvgIpc) is 2.67. The molecule has 3 rings (SSSR count). The fourth-order valence-corrected chi connectivity index (χ4v) is 2.46. The highest BCUT2D eigenvalue weighted by molar-refractivity contribution is 6.09. The second-order valence-corrected chi connectivity index (χ2v) is 4.65. The summed E-state index contributed by atoms with van der Waals surface area (Å²) >= 11 is 0. The molecule has 3 nitrogen and oxygen atoms in total. The standard InChI is InChI=1S/C15H14N2O.ClH/c1-9(18)6-10-7-11(16)8-13-12-4-2-3-5-14(12)17-15(10)13;/h2-5,7-8,17H,6,16H2,1H3;1H. The van der Waals surface area contributed by atoms with E-state index in [0.717, 1.165) is 27.4 Å². The predicted molar refractivity (Wildman–Crippen MR) is 81.9 cm³/mol. The third-order valence-electron chi connectivity index (χ3n) is 3.16. The number of rotatable bonds is 2. The molecule has 98 valence electrons. The first-order valence-electron chi connectivity index (χ1n) is 5.93. The molecule has 0 fully saturated rings. The molecule has 3 N–H and O–H groups in total. The highest BCUT2D eigenvalue weighted by Gasteiger charge is 2.10. The Morgan fingerprint density at radius 3 is 2.68 bits per heavy atom. The molecule has 2 aromatic carbocycles. The van der Waals surface area contributed by atoms with Crippen molar-refractivity contribution in [1.29, 1.82) is 0 Å². The number of H-pyrrole nitrogens is 1. The van der Waals surface area contributed by atoms with Gasteiger partial charge in [-0.1, -0.05) is 18.2 Å². The van der Waals surface area contributed by atoms with Crippen molar-refractivity contribution in [2.75, 3.05) is 5.73 Å². The van der Waals surface area contributed by atoms with Crippen LogP contribution in [0.1, 0.15) is 12.5 Å². The van der Waals surface area contributed by atoms with Crippen molar-refractivity contribution < 1.29 is 4.79 Å². The van der Waals surface area contributed by atoms with Gasteiger partial charge in [0.1, 0.15) is 5.78 Å². The van der Waals surface area contributed by atoms with Gasteiger partial charge in [-0.25, -0.2) is 0 Å². The molecule has 4 heteroatoms. The van der Waals surface area contributed by atoms with Gasteiger partial charge in [0, 0.05) is 28.4 Å². The van der Waals surface area contributed by atoms with Gasteiger partial charge >= 0.3 is 0 Å². The lowest BCUT2D eigenvalue weighted by atomic mass is 10.0. The van der Waals surface area contributed by atoms with Crippen LogP contribution in [0.3, 0.4) is 0 Å². The topological polar surface area (TPSA) is 58.9 Å². The number of aromatic amines is 1. The lowest BCUT2D eigenvalue weighted by Gasteiger charge is -2.03. The smallest absolute Gasteiger partial charge is 0.134 e. The van der Waals surface area contributed by atoms with Gasteiger partial charge in [-0.3, -0.25) is 4.79 Å². The second kappa shape index (κ2) is 4.94. The summed E-state index contributed by atoms with van der Waals surface area (Å²) in [5.41, 5.74) is 9.68. The van der Waals surface area contributed by atoms with Gasteiger partial charge in [-0.05, 0) is 30.7 Å². The van der Waals surface area contributed by atoms with Gasteiger partial charge in [0.25, 0.3) is 0 Å². The number of anilines is 1. The summed E-state index contributed by atoms with van der Waals surface area (Å²) < 4.78 is 0. The lowest BCUT2D eigenvalue weighted by Crippen LogP contribution is -1.98. The van der Waals surface area contributed by atoms with Crippen molar-refractivity contribution in [3.05, 3.63) is 42.0 Å². The number of carbonyl (C=O) groups is 1. The quantitative estimate of drug-likeness (QED) is 0.703. The van der Waals surface area contributed by atoms with Crippen LogP contribution in [0.4, 0.5) is 5.69 Å². The first-order chi connectivity index (χ1) is 8.65. The van der Waals surface area contributed by atoms with Crippen molar-refractivity contribution in [2.24, 2.45) is 0 Å². The molecule has 0 radical (unpaired) electrons. The zero-order valence-corrected chi connectivity index (χ0v) is 11.4. The van der Waals surface area contributed by atoms with E-state index in [4.69, 9.17) is 5.73 Å². The molecular weight excluding hydrogens is 260 g/mol. The number of fused-ring (bicyclic) bond motifs is 3. The second-order valence-electron chi connectivity index (χ2n) is 4.65. The van der Waals surface area contributed by atoms with Crippen LogP contribution in [0, 0.1) is 0 Å². The maximum Gasteiger partial charge on any atom is 0.134 e. The van der Waals surface area contributed by atoms with E-state index in [1.54, 1.807) is 6.92 Å². The third kappa shape index (κ3) is 2.29. The number of Topliss-reactive ketones (excluding diaryl/α,β-unsaturated/α-hetero) is 1. The molecule has 0 aliphatic carbocycles. The molecule has 0 aliphatic rings. The van der Waals surface area contributed by atoms with Gasteiger partial charge in [0.15, 0.2) is 0 Å². The molecule has 3 aromatic rings. The van der Waals surface area contributed by atoms with Crippen LogP contribution >= 0.6 is 12.4 Å². The number of hydrogen-bond donors (Lipinski definition) is 2. The first-order valence-corrected chi connectivity index (χ1v) is 5.93. The van der Waals surface area contributed by atoms with E-state index in [-0.39, 0.29) is 18.2 Å². The van der Waals surface area contributed by atoms with E-state index in [1.165, 1.54) is 0 Å². The van der Waals surface area contributed by atoms with Crippen LogP contribution in [-0.2, 0) is 11.2 Å². The largest absolute Gasteiger partial charge is 0.399 e. The van der Waals surface area contributed by atoms with E-state index in [9.17, 15) is 4.79 Å². The van der Waals surface area contributed by atoms with E-state index in [2.05, 4.69) is 11.1 Å². The zero-order valence-electron chi connectivity index (χ0n) is 10.6. The molecule has 1 heterocycles. The van der Waals surface area contributed by atoms with Crippen molar-refractivity contribution in [3.8, 4) is 0 Å². The Bertz CT molecular complexity index is 761. The fraction of sp³-hybridized carbons (Fsp3) is 0.133. The molecule has 0 aliphatic heterocycles. The van der Waals surface area contributed by atoms with Crippen LogP contribution in [0.25, 0.3) is 21.8 Å². The first kappa shape index (κ1) is 13.4. The van der Waals surface area contributed by atoms with Gasteiger partial charge in [0.05, 0.1) is 5.52 Å². The SMILES string of the molecule is CC(=O)Cc1cc(N)cc2c1[nH]c1ccccc12.Cl. The molecule has 0 unspecified atom stereocenters. The summed E-state index contributed by atoms with van der Waals surface area (Å²) in [6, 6.07) is 11.9. The number of benzene rings is 2. The number of nitrogen functional groups attached to an aromatic ring is 1. The van der Waals surface area contributed by atoms with Gasteiger partial charge in [-0.15, -0.1) is 12.4 Å². The number of hydrogen-bond acceptors (Lipinski definition) is 2. The summed E-state index contributed by atoms with van der Waals surface area (Å²) in [7, 11) is 0. The predicted octanol–water partition coefficient (Wildman–Crippen LogP) is 3.46. The molecule has 0 atom stereocenters. The zero-order chi connectivity index (χ0) is 12.7. The Morgan fingerprint density at radius 2 is 1.95 bits per heavy atom. The summed E-state index contributed by atoms with van der Waals surface area (Å²) in [5.74, 6) is 0.139. The highest BCUT2D eigenvalue weighted by atomic mass is 35.5. The molecule has 0 saturated heterocycles. The molecule has 1 aromatic heterocycles. The Kier molecular flexibility index (Phi) is 3.49. The molecule has 19 heavy (non-hydrogen) atoms. The molecule has 0 bridgehead atoms. The van der Waals surface area contributed by atoms with E-state index < -0.39 is 0 Å². The summed E-state index contributed by atoms with van der Waals surface area (Å²) in [6.07, 6.45) is 0.411. The maximum atomic E-state index is 11.3. The third-order valence-corrected chi connectivity index (χ3v) is 3.16. The van der Waals surface area contributed by atoms with Crippen molar-refractivity contribution in [1.82, 2.24) is 4.98 Å². The summed E-state index contributed by atoms with van der Waals surface area (Å²) in [6.45, 7) is 1.59. The fourth-order valence-electron chi connectivity index (χ4n) is 2.46. The van der Waals surface area contributed by atoms with Gasteiger partial charge in [0.2, 0.25) is 0 Å². The van der Waals surface area contributed by atoms with Gasteiger partial charge in [-0.2, -0.15) is 0 Å². The number of halogens is 1. The Balaban J connectivity index is 0.00000133. The van der Waals surface area contributed by atoms with Gasteiger partial charge < -0.3 is 10.7 Å². The molecule has 0 saturated carbocycles. The van der Waals surface area contributed by atoms with Crippen LogP contribution in [0.2, 0.25) is 0 Å². The van der Waals surface area contributed by atoms with E-state index >= 15 is 0 Å². The molecule has 0 amide bonds. The number of ketones is 1. The van der Waals surface area contributed by atoms with Crippen LogP contribution < -0.4 is 5.73 Å². The van der Waals surface area contributed by atoms with Crippen molar-refractivity contribution in [2.45, 2.75) is 13.3 Å². The minimum atomic E-state index is 0. The van der Waals surface area contributed by atoms with Crippen molar-refractivity contribution >= 4 is 45.7 Å². The summed E-state index contributed by atoms with van der Waals surface area (Å²) in [4.78, 5) is 14.7. The minimum Gasteiger partial charge on any atom is -0.399 e. The van der Waals surface area contributed by atoms with E-state index in [1.807, 2.05) is 30.3 Å². The Morgan fingerprint density at radius 1 is 1.21 bits per heavy atom. The maximum absolute atomic E-state index is 11.3. The van der Waals surface area contributed by atoms with Crippen LogP contribution in [0.5, 0.6) is 0 Å². The number of para-hydroxylation sites is 1. The average molecular weight is 275 g/mol. The Hall–Kier alpha value is -2.00. The number of carbonyl (C=O) groups excluding carboxylic acids is 1. The molecular formula is C15H15ClN2O. The lowest BCUT2D eigenvalue weighted by molar-refractivity contribution is -0.116. The van der Waals surface area contributed by atoms with Crippen molar-refractivity contribution in [3.63, 3.8) is 0 Å². The van der Waals surface area contributed by atoms with Crippen LogP contribution in [-0.4, -0.2) is 10.8 Å². The van der Waals surface area contributed by atoms with Crippen LogP contribution in [0.15, 0.2) is 36.4 Å². The summed E-state index contributed by atoms with van der Waals surface area (Å²) in [5, 5.41) is 2.23. The normalized spacial score (nSPS) is 10.6. The highest BCUT2D eigenvalue weighted by Crippen LogP contribution is 2.30. The number of nitrogens with one attached hydrogen (secondary N) is 1. The number of aromatic nitrogens is 1. The minimum absolute atomic E-state index is 0. The van der Waals surface area contributed by atoms with E-state index in [0.29, 0.717) is 12.1 Å². The monoisotopic (exact) mass is 274 g/mol.